The maximum absolute atomic E-state index is 14.4. The molecule has 0 saturated heterocycles. The van der Waals surface area contributed by atoms with Gasteiger partial charge in [0.05, 0.1) is 23.7 Å². The number of nitrogens with one attached hydrogen (secondary N) is 1. The third-order valence-electron chi connectivity index (χ3n) is 4.44. The molecule has 4 aromatic rings. The Labute approximate surface area is 170 Å². The van der Waals surface area contributed by atoms with Crippen molar-refractivity contribution in [1.29, 1.82) is 0 Å². The summed E-state index contributed by atoms with van der Waals surface area (Å²) in [5.41, 5.74) is -1.86. The van der Waals surface area contributed by atoms with Crippen molar-refractivity contribution in [2.24, 2.45) is 0 Å². The molecule has 1 aromatic carbocycles. The van der Waals surface area contributed by atoms with Crippen LogP contribution in [0.25, 0.3) is 28.4 Å². The molecule has 0 unspecified atom stereocenters. The molecule has 0 atom stereocenters. The van der Waals surface area contributed by atoms with Gasteiger partial charge in [0.1, 0.15) is 11.4 Å². The third kappa shape index (κ3) is 3.56. The molecule has 31 heavy (non-hydrogen) atoms. The van der Waals surface area contributed by atoms with Gasteiger partial charge in [-0.2, -0.15) is 22.8 Å². The number of rotatable bonds is 3. The van der Waals surface area contributed by atoms with Gasteiger partial charge in [0, 0.05) is 25.7 Å². The zero-order valence-electron chi connectivity index (χ0n) is 16.0. The molecule has 12 heteroatoms. The molecule has 3 heterocycles. The number of amides is 1. The molecule has 0 aliphatic rings. The summed E-state index contributed by atoms with van der Waals surface area (Å²) in [6.45, 7) is 0. The molecular formula is C19H13F4N5O3. The third-order valence-corrected chi connectivity index (χ3v) is 4.44. The highest BCUT2D eigenvalue weighted by Gasteiger charge is 2.31. The van der Waals surface area contributed by atoms with Gasteiger partial charge in [-0.05, 0) is 18.2 Å². The molecule has 0 saturated carbocycles. The van der Waals surface area contributed by atoms with Crippen LogP contribution in [0.1, 0.15) is 16.1 Å². The van der Waals surface area contributed by atoms with Crippen molar-refractivity contribution in [2.45, 2.75) is 6.18 Å². The van der Waals surface area contributed by atoms with E-state index in [-0.39, 0.29) is 34.1 Å². The SMILES string of the molecule is CN(C)C(=O)c1cnc(-c2cnn3c(=O)cc(-c4ccc(C(F)(F)F)cc4F)[nH]c23)o1. The minimum atomic E-state index is -4.71. The lowest BCUT2D eigenvalue weighted by molar-refractivity contribution is -0.137. The summed E-state index contributed by atoms with van der Waals surface area (Å²) in [6.07, 6.45) is -2.24. The number of alkyl halides is 3. The number of aromatic amines is 1. The lowest BCUT2D eigenvalue weighted by atomic mass is 10.1. The summed E-state index contributed by atoms with van der Waals surface area (Å²) in [6, 6.07) is 2.99. The van der Waals surface area contributed by atoms with E-state index in [0.717, 1.165) is 16.6 Å². The standard InChI is InChI=1S/C19H13F4N5O3/c1-27(2)18(30)14-8-24-17(31-14)11-7-25-28-15(29)6-13(26-16(11)28)10-4-3-9(5-12(10)20)19(21,22)23/h3-8,26H,1-2H3. The molecule has 1 N–H and O–H groups in total. The number of carbonyl (C=O) groups is 1. The summed E-state index contributed by atoms with van der Waals surface area (Å²) in [4.78, 5) is 32.5. The van der Waals surface area contributed by atoms with E-state index in [1.165, 1.54) is 31.4 Å². The van der Waals surface area contributed by atoms with E-state index in [0.29, 0.717) is 12.1 Å². The Balaban J connectivity index is 1.83. The molecule has 0 fully saturated rings. The lowest BCUT2D eigenvalue weighted by Gasteiger charge is -2.09. The number of halogens is 4. The van der Waals surface area contributed by atoms with Crippen LogP contribution in [-0.2, 0) is 6.18 Å². The molecule has 0 aliphatic heterocycles. The highest BCUT2D eigenvalue weighted by atomic mass is 19.4. The van der Waals surface area contributed by atoms with E-state index < -0.39 is 29.0 Å². The molecule has 160 valence electrons. The number of aromatic nitrogens is 4. The number of carbonyl (C=O) groups excluding carboxylic acids is 1. The van der Waals surface area contributed by atoms with Crippen molar-refractivity contribution < 1.29 is 26.8 Å². The van der Waals surface area contributed by atoms with Crippen molar-refractivity contribution in [3.8, 4) is 22.7 Å². The van der Waals surface area contributed by atoms with E-state index in [1.807, 2.05) is 0 Å². The minimum absolute atomic E-state index is 0.0270. The smallest absolute Gasteiger partial charge is 0.416 e. The van der Waals surface area contributed by atoms with Gasteiger partial charge >= 0.3 is 6.18 Å². The Kier molecular flexibility index (Phi) is 4.64. The summed E-state index contributed by atoms with van der Waals surface area (Å²) < 4.78 is 59.2. The number of hydrogen-bond acceptors (Lipinski definition) is 5. The molecule has 0 spiro atoms. The van der Waals surface area contributed by atoms with Crippen LogP contribution in [0.5, 0.6) is 0 Å². The van der Waals surface area contributed by atoms with Crippen LogP contribution in [0.2, 0.25) is 0 Å². The molecular weight excluding hydrogens is 422 g/mol. The fraction of sp³-hybridized carbons (Fsp3) is 0.158. The summed E-state index contributed by atoms with van der Waals surface area (Å²) in [5.74, 6) is -1.67. The Morgan fingerprint density at radius 1 is 1.16 bits per heavy atom. The quantitative estimate of drug-likeness (QED) is 0.499. The zero-order valence-corrected chi connectivity index (χ0v) is 16.0. The number of fused-ring (bicyclic) bond motifs is 1. The number of oxazole rings is 1. The minimum Gasteiger partial charge on any atom is -0.431 e. The lowest BCUT2D eigenvalue weighted by Crippen LogP contribution is -2.20. The second-order valence-corrected chi connectivity index (χ2v) is 6.76. The van der Waals surface area contributed by atoms with Crippen molar-refractivity contribution in [1.82, 2.24) is 24.5 Å². The van der Waals surface area contributed by atoms with Gasteiger partial charge in [0.25, 0.3) is 11.5 Å². The molecule has 0 aliphatic carbocycles. The van der Waals surface area contributed by atoms with Gasteiger partial charge in [-0.25, -0.2) is 9.37 Å². The molecule has 4 rings (SSSR count). The van der Waals surface area contributed by atoms with E-state index >= 15 is 0 Å². The van der Waals surface area contributed by atoms with E-state index in [1.54, 1.807) is 0 Å². The Bertz CT molecular complexity index is 1370. The van der Waals surface area contributed by atoms with Gasteiger partial charge in [0.2, 0.25) is 11.7 Å². The van der Waals surface area contributed by atoms with Crippen molar-refractivity contribution in [2.75, 3.05) is 14.1 Å². The maximum atomic E-state index is 14.4. The summed E-state index contributed by atoms with van der Waals surface area (Å²) >= 11 is 0. The van der Waals surface area contributed by atoms with Gasteiger partial charge in [0.15, 0.2) is 5.65 Å². The Hall–Kier alpha value is -3.96. The maximum Gasteiger partial charge on any atom is 0.416 e. The number of H-pyrrole nitrogens is 1. The molecule has 8 nitrogen and oxygen atoms in total. The second kappa shape index (κ2) is 7.07. The van der Waals surface area contributed by atoms with Crippen LogP contribution < -0.4 is 5.56 Å². The predicted octanol–water partition coefficient (Wildman–Crippen LogP) is 3.20. The molecule has 0 radical (unpaired) electrons. The molecule has 3 aromatic heterocycles. The van der Waals surface area contributed by atoms with Gasteiger partial charge in [-0.1, -0.05) is 0 Å². The number of benzene rings is 1. The fourth-order valence-corrected chi connectivity index (χ4v) is 2.91. The largest absolute Gasteiger partial charge is 0.431 e. The van der Waals surface area contributed by atoms with E-state index in [4.69, 9.17) is 4.42 Å². The first-order chi connectivity index (χ1) is 14.6. The van der Waals surface area contributed by atoms with Crippen molar-refractivity contribution in [3.63, 3.8) is 0 Å². The second-order valence-electron chi connectivity index (χ2n) is 6.76. The first kappa shape index (κ1) is 20.3. The average Bonchev–Trinajstić information content (AvgIpc) is 3.33. The van der Waals surface area contributed by atoms with Crippen LogP contribution in [-0.4, -0.2) is 44.5 Å². The highest BCUT2D eigenvalue weighted by molar-refractivity contribution is 5.91. The molecule has 0 bridgehead atoms. The average molecular weight is 435 g/mol. The van der Waals surface area contributed by atoms with Crippen molar-refractivity contribution in [3.05, 3.63) is 64.2 Å². The van der Waals surface area contributed by atoms with Gasteiger partial charge in [-0.3, -0.25) is 9.59 Å². The molecule has 1 amide bonds. The first-order valence-corrected chi connectivity index (χ1v) is 8.72. The van der Waals surface area contributed by atoms with Crippen molar-refractivity contribution >= 4 is 11.6 Å². The zero-order chi connectivity index (χ0) is 22.5. The highest BCUT2D eigenvalue weighted by Crippen LogP contribution is 2.32. The summed E-state index contributed by atoms with van der Waals surface area (Å²) in [7, 11) is 3.06. The number of hydrogen-bond donors (Lipinski definition) is 1. The van der Waals surface area contributed by atoms with Crippen LogP contribution in [0, 0.1) is 5.82 Å². The monoisotopic (exact) mass is 435 g/mol. The Morgan fingerprint density at radius 3 is 2.55 bits per heavy atom. The summed E-state index contributed by atoms with van der Waals surface area (Å²) in [5, 5.41) is 3.92. The normalized spacial score (nSPS) is 11.8. The van der Waals surface area contributed by atoms with Crippen LogP contribution in [0.15, 0.2) is 45.9 Å². The van der Waals surface area contributed by atoms with E-state index in [9.17, 15) is 27.2 Å². The van der Waals surface area contributed by atoms with E-state index in [2.05, 4.69) is 15.1 Å². The number of nitrogens with zero attached hydrogens (tertiary/aromatic N) is 4. The van der Waals surface area contributed by atoms with Crippen LogP contribution >= 0.6 is 0 Å². The van der Waals surface area contributed by atoms with Crippen LogP contribution in [0.4, 0.5) is 17.6 Å². The predicted molar refractivity (Wildman–Crippen MR) is 99.7 cm³/mol. The van der Waals surface area contributed by atoms with Crippen LogP contribution in [0.3, 0.4) is 0 Å². The van der Waals surface area contributed by atoms with Gasteiger partial charge < -0.3 is 14.3 Å². The van der Waals surface area contributed by atoms with Gasteiger partial charge in [-0.15, -0.1) is 0 Å². The fourth-order valence-electron chi connectivity index (χ4n) is 2.91. The topological polar surface area (TPSA) is 96.5 Å². The Morgan fingerprint density at radius 2 is 1.90 bits per heavy atom. The first-order valence-electron chi connectivity index (χ1n) is 8.72.